The second kappa shape index (κ2) is 6.27. The molecule has 0 aromatic rings. The van der Waals surface area contributed by atoms with Gasteiger partial charge in [0.1, 0.15) is 11.6 Å². The van der Waals surface area contributed by atoms with E-state index in [1.165, 1.54) is 4.31 Å². The molecule has 1 saturated carbocycles. The van der Waals surface area contributed by atoms with Gasteiger partial charge in [0.05, 0.1) is 5.25 Å². The number of hydrogen-bond donors (Lipinski definition) is 2. The Bertz CT molecular complexity index is 578. The Hall–Kier alpha value is -1.35. The molecular formula is C14H25N3O5S. The molecule has 1 atom stereocenters. The van der Waals surface area contributed by atoms with Crippen LogP contribution in [0.25, 0.3) is 0 Å². The van der Waals surface area contributed by atoms with Gasteiger partial charge in [0.15, 0.2) is 0 Å². The average Bonchev–Trinajstić information content (AvgIpc) is 2.80. The molecule has 0 aromatic carbocycles. The quantitative estimate of drug-likeness (QED) is 0.759. The Morgan fingerprint density at radius 1 is 1.26 bits per heavy atom. The monoisotopic (exact) mass is 347 g/mol. The molecule has 3 N–H and O–H groups in total. The van der Waals surface area contributed by atoms with Crippen LogP contribution in [0.4, 0.5) is 4.79 Å². The third-order valence-electron chi connectivity index (χ3n) is 4.10. The summed E-state index contributed by atoms with van der Waals surface area (Å²) >= 11 is 0. The molecule has 1 saturated heterocycles. The molecule has 1 aliphatic heterocycles. The second-order valence-electron chi connectivity index (χ2n) is 7.15. The molecule has 2 amide bonds. The number of hydrogen-bond acceptors (Lipinski definition) is 5. The van der Waals surface area contributed by atoms with E-state index in [2.05, 4.69) is 5.32 Å². The number of amides is 2. The fraction of sp³-hybridized carbons (Fsp3) is 0.857. The maximum absolute atomic E-state index is 12.6. The van der Waals surface area contributed by atoms with Crippen LogP contribution < -0.4 is 11.1 Å². The van der Waals surface area contributed by atoms with Crippen LogP contribution in [0.3, 0.4) is 0 Å². The Morgan fingerprint density at radius 2 is 1.87 bits per heavy atom. The molecule has 0 radical (unpaired) electrons. The molecule has 23 heavy (non-hydrogen) atoms. The predicted molar refractivity (Wildman–Crippen MR) is 84.0 cm³/mol. The average molecular weight is 347 g/mol. The zero-order valence-corrected chi connectivity index (χ0v) is 14.6. The Morgan fingerprint density at radius 3 is 2.39 bits per heavy atom. The maximum atomic E-state index is 12.6. The summed E-state index contributed by atoms with van der Waals surface area (Å²) in [4.78, 5) is 23.0. The summed E-state index contributed by atoms with van der Waals surface area (Å²) < 4.78 is 31.5. The summed E-state index contributed by atoms with van der Waals surface area (Å²) in [6.45, 7) is 5.62. The van der Waals surface area contributed by atoms with E-state index in [4.69, 9.17) is 10.5 Å². The lowest BCUT2D eigenvalue weighted by Crippen LogP contribution is -2.55. The van der Waals surface area contributed by atoms with Gasteiger partial charge in [-0.3, -0.25) is 4.79 Å². The number of rotatable bonds is 4. The second-order valence-corrected chi connectivity index (χ2v) is 9.32. The summed E-state index contributed by atoms with van der Waals surface area (Å²) in [5.41, 5.74) is 4.68. The van der Waals surface area contributed by atoms with Gasteiger partial charge in [0.2, 0.25) is 15.9 Å². The van der Waals surface area contributed by atoms with Crippen molar-refractivity contribution in [3.05, 3.63) is 0 Å². The summed E-state index contributed by atoms with van der Waals surface area (Å²) in [5, 5.41) is 2.08. The summed E-state index contributed by atoms with van der Waals surface area (Å²) in [6, 6.07) is -0.961. The fourth-order valence-corrected chi connectivity index (χ4v) is 5.20. The van der Waals surface area contributed by atoms with Crippen LogP contribution in [0.15, 0.2) is 0 Å². The zero-order valence-electron chi connectivity index (χ0n) is 13.7. The molecule has 0 bridgehead atoms. The Balaban J connectivity index is 1.89. The normalized spacial score (nSPS) is 28.9. The van der Waals surface area contributed by atoms with Gasteiger partial charge >= 0.3 is 6.09 Å². The standard InChI is InChI=1S/C14H25N3O5S/c1-14(2,3)22-13(19)16-9-7-10(8-9)23(20,21)17-6-4-5-11(17)12(15)18/h9-11H,4-8H2,1-3H3,(H2,15,18)(H,16,19)/t9?,10?,11-/m1/s1. The van der Waals surface area contributed by atoms with Crippen LogP contribution in [0.2, 0.25) is 0 Å². The predicted octanol–water partition coefficient (Wildman–Crippen LogP) is 0.322. The first-order chi connectivity index (χ1) is 10.5. The topological polar surface area (TPSA) is 119 Å². The minimum atomic E-state index is -3.56. The van der Waals surface area contributed by atoms with Crippen molar-refractivity contribution in [3.8, 4) is 0 Å². The highest BCUT2D eigenvalue weighted by Crippen LogP contribution is 2.33. The first-order valence-corrected chi connectivity index (χ1v) is 9.30. The van der Waals surface area contributed by atoms with Gasteiger partial charge in [0, 0.05) is 12.6 Å². The minimum Gasteiger partial charge on any atom is -0.444 e. The number of ether oxygens (including phenoxy) is 1. The Labute approximate surface area is 136 Å². The maximum Gasteiger partial charge on any atom is 0.407 e. The number of primary amides is 1. The van der Waals surface area contributed by atoms with Crippen molar-refractivity contribution in [1.29, 1.82) is 0 Å². The third-order valence-corrected chi connectivity index (χ3v) is 6.41. The van der Waals surface area contributed by atoms with E-state index in [0.29, 0.717) is 32.2 Å². The smallest absolute Gasteiger partial charge is 0.407 e. The van der Waals surface area contributed by atoms with Crippen molar-refractivity contribution in [1.82, 2.24) is 9.62 Å². The van der Waals surface area contributed by atoms with Crippen LogP contribution in [0.1, 0.15) is 46.5 Å². The molecule has 9 heteroatoms. The van der Waals surface area contributed by atoms with Crippen LogP contribution in [0, 0.1) is 0 Å². The molecule has 0 aromatic heterocycles. The van der Waals surface area contributed by atoms with E-state index < -0.39 is 38.9 Å². The number of nitrogens with one attached hydrogen (secondary N) is 1. The molecule has 2 aliphatic rings. The van der Waals surface area contributed by atoms with Gasteiger partial charge in [-0.05, 0) is 46.5 Å². The lowest BCUT2D eigenvalue weighted by molar-refractivity contribution is -0.121. The lowest BCUT2D eigenvalue weighted by atomic mass is 9.92. The third kappa shape index (κ3) is 4.14. The molecular weight excluding hydrogens is 322 g/mol. The van der Waals surface area contributed by atoms with E-state index in [1.807, 2.05) is 0 Å². The molecule has 1 heterocycles. The van der Waals surface area contributed by atoms with Crippen LogP contribution in [-0.2, 0) is 19.6 Å². The van der Waals surface area contributed by atoms with Crippen molar-refractivity contribution >= 4 is 22.0 Å². The van der Waals surface area contributed by atoms with Crippen molar-refractivity contribution in [2.75, 3.05) is 6.54 Å². The molecule has 8 nitrogen and oxygen atoms in total. The van der Waals surface area contributed by atoms with Crippen LogP contribution in [0.5, 0.6) is 0 Å². The SMILES string of the molecule is CC(C)(C)OC(=O)NC1CC(S(=O)(=O)N2CCC[C@@H]2C(N)=O)C1. The van der Waals surface area contributed by atoms with E-state index in [-0.39, 0.29) is 6.04 Å². The minimum absolute atomic E-state index is 0.223. The Kier molecular flexibility index (Phi) is 4.91. The van der Waals surface area contributed by atoms with Crippen molar-refractivity contribution in [2.24, 2.45) is 5.73 Å². The van der Waals surface area contributed by atoms with E-state index in [9.17, 15) is 18.0 Å². The van der Waals surface area contributed by atoms with Crippen molar-refractivity contribution < 1.29 is 22.7 Å². The zero-order chi connectivity index (χ0) is 17.4. The van der Waals surface area contributed by atoms with Crippen LogP contribution >= 0.6 is 0 Å². The van der Waals surface area contributed by atoms with Gasteiger partial charge in [-0.2, -0.15) is 4.31 Å². The lowest BCUT2D eigenvalue weighted by Gasteiger charge is -2.38. The largest absolute Gasteiger partial charge is 0.444 e. The van der Waals surface area contributed by atoms with Gasteiger partial charge in [-0.15, -0.1) is 0 Å². The number of nitrogens with two attached hydrogens (primary N) is 1. The highest BCUT2D eigenvalue weighted by molar-refractivity contribution is 7.89. The first-order valence-electron chi connectivity index (χ1n) is 7.80. The first kappa shape index (κ1) is 18.0. The highest BCUT2D eigenvalue weighted by Gasteiger charge is 2.47. The fourth-order valence-electron chi connectivity index (χ4n) is 2.92. The molecule has 0 spiro atoms. The highest BCUT2D eigenvalue weighted by atomic mass is 32.2. The molecule has 132 valence electrons. The summed E-state index contributed by atoms with van der Waals surface area (Å²) in [7, 11) is -3.56. The summed E-state index contributed by atoms with van der Waals surface area (Å²) in [6.07, 6.45) is 1.21. The van der Waals surface area contributed by atoms with E-state index in [0.717, 1.165) is 0 Å². The van der Waals surface area contributed by atoms with Crippen LogP contribution in [-0.4, -0.2) is 54.2 Å². The van der Waals surface area contributed by atoms with E-state index in [1.54, 1.807) is 20.8 Å². The molecule has 2 fully saturated rings. The van der Waals surface area contributed by atoms with E-state index >= 15 is 0 Å². The van der Waals surface area contributed by atoms with Gasteiger partial charge in [0.25, 0.3) is 0 Å². The molecule has 0 unspecified atom stereocenters. The van der Waals surface area contributed by atoms with Gasteiger partial charge in [-0.1, -0.05) is 0 Å². The molecule has 2 rings (SSSR count). The van der Waals surface area contributed by atoms with Crippen molar-refractivity contribution in [3.63, 3.8) is 0 Å². The van der Waals surface area contributed by atoms with Gasteiger partial charge < -0.3 is 15.8 Å². The number of carbonyl (C=O) groups excluding carboxylic acids is 2. The number of sulfonamides is 1. The molecule has 1 aliphatic carbocycles. The van der Waals surface area contributed by atoms with Gasteiger partial charge in [-0.25, -0.2) is 13.2 Å². The number of alkyl carbamates (subject to hydrolysis) is 1. The van der Waals surface area contributed by atoms with Crippen molar-refractivity contribution in [2.45, 2.75) is 69.4 Å². The number of carbonyl (C=O) groups is 2. The number of nitrogens with zero attached hydrogens (tertiary/aromatic N) is 1. The summed E-state index contributed by atoms with van der Waals surface area (Å²) in [5.74, 6) is -0.603.